The van der Waals surface area contributed by atoms with Gasteiger partial charge in [0.05, 0.1) is 11.3 Å². The molecular weight excluding hydrogens is 290 g/mol. The molecule has 0 spiro atoms. The van der Waals surface area contributed by atoms with Crippen molar-refractivity contribution in [3.05, 3.63) is 29.3 Å². The monoisotopic (exact) mass is 309 g/mol. The zero-order valence-corrected chi connectivity index (χ0v) is 12.6. The molecule has 1 aliphatic carbocycles. The molecule has 0 saturated carbocycles. The number of aryl methyl sites for hydroxylation is 2. The predicted octanol–water partition coefficient (Wildman–Crippen LogP) is 1.66. The van der Waals surface area contributed by atoms with Crippen LogP contribution in [0.5, 0.6) is 0 Å². The van der Waals surface area contributed by atoms with Crippen molar-refractivity contribution < 1.29 is 18.3 Å². The second-order valence-corrected chi connectivity index (χ2v) is 7.86. The van der Waals surface area contributed by atoms with Crippen LogP contribution in [0.1, 0.15) is 30.4 Å². The van der Waals surface area contributed by atoms with E-state index in [0.29, 0.717) is 18.0 Å². The Morgan fingerprint density at radius 3 is 2.52 bits per heavy atom. The van der Waals surface area contributed by atoms with E-state index in [1.165, 1.54) is 16.3 Å². The van der Waals surface area contributed by atoms with Crippen molar-refractivity contribution in [1.82, 2.24) is 4.31 Å². The van der Waals surface area contributed by atoms with Crippen molar-refractivity contribution in [2.24, 2.45) is 5.92 Å². The highest BCUT2D eigenvalue weighted by molar-refractivity contribution is 7.89. The van der Waals surface area contributed by atoms with Crippen LogP contribution in [-0.2, 0) is 27.7 Å². The summed E-state index contributed by atoms with van der Waals surface area (Å²) in [5.41, 5.74) is 2.40. The van der Waals surface area contributed by atoms with Gasteiger partial charge in [-0.2, -0.15) is 4.31 Å². The zero-order chi connectivity index (χ0) is 15.0. The van der Waals surface area contributed by atoms with Gasteiger partial charge in [-0.25, -0.2) is 8.42 Å². The number of carboxylic acids is 1. The van der Waals surface area contributed by atoms with Crippen LogP contribution in [-0.4, -0.2) is 36.9 Å². The minimum absolute atomic E-state index is 0.0379. The van der Waals surface area contributed by atoms with Crippen LogP contribution in [0.25, 0.3) is 0 Å². The van der Waals surface area contributed by atoms with Crippen LogP contribution in [0.3, 0.4) is 0 Å². The maximum absolute atomic E-state index is 12.5. The van der Waals surface area contributed by atoms with Crippen LogP contribution in [0.4, 0.5) is 0 Å². The predicted molar refractivity (Wildman–Crippen MR) is 77.6 cm³/mol. The molecule has 0 unspecified atom stereocenters. The van der Waals surface area contributed by atoms with E-state index < -0.39 is 16.0 Å². The summed E-state index contributed by atoms with van der Waals surface area (Å²) in [4.78, 5) is 11.0. The second-order valence-electron chi connectivity index (χ2n) is 5.92. The van der Waals surface area contributed by atoms with Gasteiger partial charge in [0.2, 0.25) is 10.0 Å². The average Bonchev–Trinajstić information content (AvgIpc) is 2.41. The first-order valence-corrected chi connectivity index (χ1v) is 8.74. The third kappa shape index (κ3) is 2.82. The molecule has 1 aliphatic heterocycles. The Labute approximate surface area is 124 Å². The number of fused-ring (bicyclic) bond motifs is 1. The highest BCUT2D eigenvalue weighted by Gasteiger charge is 2.37. The van der Waals surface area contributed by atoms with E-state index in [-0.39, 0.29) is 12.3 Å². The minimum atomic E-state index is -3.46. The molecule has 1 aromatic carbocycles. The van der Waals surface area contributed by atoms with Crippen molar-refractivity contribution in [3.8, 4) is 0 Å². The van der Waals surface area contributed by atoms with E-state index in [1.807, 2.05) is 6.07 Å². The summed E-state index contributed by atoms with van der Waals surface area (Å²) in [6, 6.07) is 5.41. The molecule has 0 amide bonds. The summed E-state index contributed by atoms with van der Waals surface area (Å²) in [7, 11) is -3.46. The van der Waals surface area contributed by atoms with Crippen molar-refractivity contribution in [3.63, 3.8) is 0 Å². The van der Waals surface area contributed by atoms with Gasteiger partial charge in [-0.1, -0.05) is 6.07 Å². The smallest absolute Gasteiger partial charge is 0.303 e. The van der Waals surface area contributed by atoms with E-state index in [2.05, 4.69) is 0 Å². The quantitative estimate of drug-likeness (QED) is 0.918. The highest BCUT2D eigenvalue weighted by Crippen LogP contribution is 2.30. The number of benzene rings is 1. The summed E-state index contributed by atoms with van der Waals surface area (Å²) in [6.45, 7) is 0.622. The molecule has 6 heteroatoms. The van der Waals surface area contributed by atoms with Gasteiger partial charge in [0.1, 0.15) is 0 Å². The molecule has 1 fully saturated rings. The Balaban J connectivity index is 1.75. The molecule has 0 radical (unpaired) electrons. The van der Waals surface area contributed by atoms with Crippen LogP contribution >= 0.6 is 0 Å². The van der Waals surface area contributed by atoms with E-state index in [4.69, 9.17) is 5.11 Å². The Morgan fingerprint density at radius 2 is 1.86 bits per heavy atom. The fourth-order valence-electron chi connectivity index (χ4n) is 3.11. The van der Waals surface area contributed by atoms with Crippen molar-refractivity contribution in [1.29, 1.82) is 0 Å². The zero-order valence-electron chi connectivity index (χ0n) is 11.8. The van der Waals surface area contributed by atoms with Gasteiger partial charge in [0.25, 0.3) is 0 Å². The van der Waals surface area contributed by atoms with E-state index in [0.717, 1.165) is 24.8 Å². The van der Waals surface area contributed by atoms with Crippen LogP contribution in [0, 0.1) is 5.92 Å². The molecule has 1 saturated heterocycles. The average molecular weight is 309 g/mol. The van der Waals surface area contributed by atoms with Crippen LogP contribution in [0.15, 0.2) is 23.1 Å². The molecule has 1 heterocycles. The van der Waals surface area contributed by atoms with Crippen LogP contribution < -0.4 is 0 Å². The lowest BCUT2D eigenvalue weighted by atomic mass is 9.92. The van der Waals surface area contributed by atoms with E-state index >= 15 is 0 Å². The Hall–Kier alpha value is -1.40. The standard InChI is InChI=1S/C15H19NO4S/c17-15(18)7-11-9-16(10-11)21(19,20)14-6-5-12-3-1-2-4-13(12)8-14/h5-6,8,11H,1-4,7,9-10H2,(H,17,18). The SMILES string of the molecule is O=C(O)CC1CN(S(=O)(=O)c2ccc3c(c2)CCCC3)C1. The number of carboxylic acid groups (broad SMARTS) is 1. The summed E-state index contributed by atoms with van der Waals surface area (Å²) >= 11 is 0. The number of sulfonamides is 1. The topological polar surface area (TPSA) is 74.7 Å². The summed E-state index contributed by atoms with van der Waals surface area (Å²) in [6.07, 6.45) is 4.29. The number of rotatable bonds is 4. The largest absolute Gasteiger partial charge is 0.481 e. The maximum atomic E-state index is 12.5. The molecule has 21 heavy (non-hydrogen) atoms. The number of carbonyl (C=O) groups is 1. The fourth-order valence-corrected chi connectivity index (χ4v) is 4.76. The molecule has 5 nitrogen and oxygen atoms in total. The van der Waals surface area contributed by atoms with Gasteiger partial charge < -0.3 is 5.11 Å². The first kappa shape index (κ1) is 14.5. The molecule has 1 N–H and O–H groups in total. The first-order valence-electron chi connectivity index (χ1n) is 7.30. The van der Waals surface area contributed by atoms with Crippen molar-refractivity contribution >= 4 is 16.0 Å². The first-order chi connectivity index (χ1) is 9.96. The number of hydrogen-bond acceptors (Lipinski definition) is 3. The Bertz CT molecular complexity index is 662. The lowest BCUT2D eigenvalue weighted by Crippen LogP contribution is -2.50. The van der Waals surface area contributed by atoms with Gasteiger partial charge >= 0.3 is 5.97 Å². The van der Waals surface area contributed by atoms with Gasteiger partial charge in [0, 0.05) is 13.1 Å². The molecule has 0 bridgehead atoms. The minimum Gasteiger partial charge on any atom is -0.481 e. The van der Waals surface area contributed by atoms with Crippen molar-refractivity contribution in [2.45, 2.75) is 37.0 Å². The molecule has 1 aromatic rings. The molecule has 0 aromatic heterocycles. The third-order valence-electron chi connectivity index (χ3n) is 4.34. The molecule has 114 valence electrons. The molecule has 0 atom stereocenters. The van der Waals surface area contributed by atoms with Gasteiger partial charge in [-0.3, -0.25) is 4.79 Å². The second kappa shape index (κ2) is 5.42. The lowest BCUT2D eigenvalue weighted by Gasteiger charge is -2.37. The van der Waals surface area contributed by atoms with Gasteiger partial charge in [-0.15, -0.1) is 0 Å². The fraction of sp³-hybridized carbons (Fsp3) is 0.533. The number of hydrogen-bond donors (Lipinski definition) is 1. The normalized spacial score (nSPS) is 19.8. The molecule has 3 rings (SSSR count). The number of aliphatic carboxylic acids is 1. The van der Waals surface area contributed by atoms with Crippen molar-refractivity contribution in [2.75, 3.05) is 13.1 Å². The Morgan fingerprint density at radius 1 is 1.19 bits per heavy atom. The summed E-state index contributed by atoms with van der Waals surface area (Å²) < 4.78 is 26.4. The van der Waals surface area contributed by atoms with E-state index in [9.17, 15) is 13.2 Å². The number of nitrogens with zero attached hydrogens (tertiary/aromatic N) is 1. The van der Waals surface area contributed by atoms with E-state index in [1.54, 1.807) is 12.1 Å². The molecular formula is C15H19NO4S. The Kier molecular flexibility index (Phi) is 3.75. The van der Waals surface area contributed by atoms with Gasteiger partial charge in [-0.05, 0) is 54.9 Å². The summed E-state index contributed by atoms with van der Waals surface area (Å²) in [5.74, 6) is -0.930. The third-order valence-corrected chi connectivity index (χ3v) is 6.17. The summed E-state index contributed by atoms with van der Waals surface area (Å²) in [5, 5.41) is 8.72. The van der Waals surface area contributed by atoms with Gasteiger partial charge in [0.15, 0.2) is 0 Å². The highest BCUT2D eigenvalue weighted by atomic mass is 32.2. The van der Waals surface area contributed by atoms with Crippen LogP contribution in [0.2, 0.25) is 0 Å². The lowest BCUT2D eigenvalue weighted by molar-refractivity contribution is -0.139. The maximum Gasteiger partial charge on any atom is 0.303 e. The molecule has 2 aliphatic rings.